The molecule has 0 unspecified atom stereocenters. The number of hydrogen-bond donors (Lipinski definition) is 1. The van der Waals surface area contributed by atoms with Crippen LogP contribution in [0.1, 0.15) is 29.0 Å². The number of H-pyrrole nitrogens is 1. The molecule has 0 aliphatic carbocycles. The van der Waals surface area contributed by atoms with Crippen LogP contribution in [-0.2, 0) is 11.0 Å². The van der Waals surface area contributed by atoms with Crippen LogP contribution in [0.4, 0.5) is 13.2 Å². The monoisotopic (exact) mass is 332 g/mol. The number of para-hydroxylation sites is 1. The number of carbonyl (C=O) groups is 1. The fourth-order valence-corrected chi connectivity index (χ4v) is 3.00. The number of nitrogens with one attached hydrogen (secondary N) is 1. The first-order valence-corrected chi connectivity index (χ1v) is 7.30. The molecule has 0 aliphatic heterocycles. The molecule has 2 aromatic carbocycles. The molecule has 0 aliphatic rings. The molecule has 3 nitrogen and oxygen atoms in total. The second-order valence-corrected chi connectivity index (χ2v) is 5.50. The summed E-state index contributed by atoms with van der Waals surface area (Å²) in [5, 5.41) is 11.9. The third kappa shape index (κ3) is 2.99. The Kier molecular flexibility index (Phi) is 4.05. The third-order valence-corrected chi connectivity index (χ3v) is 4.01. The lowest BCUT2D eigenvalue weighted by Crippen LogP contribution is -2.26. The highest BCUT2D eigenvalue weighted by molar-refractivity contribution is 5.85. The summed E-state index contributed by atoms with van der Waals surface area (Å²) in [6.45, 7) is 0. The highest BCUT2D eigenvalue weighted by Gasteiger charge is 2.35. The summed E-state index contributed by atoms with van der Waals surface area (Å²) in [5.74, 6) is -2.36. The standard InChI is InChI=1S/C18H14F3NO2/c19-18(20,21)15-7-3-1-5-11(15)13(9-17(23)24)14-10-22-16-8-4-2-6-12(14)16/h1-8,10,13,22H,9H2,(H,23,24)/p-1/t13-/m1/s1. The van der Waals surface area contributed by atoms with E-state index in [4.69, 9.17) is 0 Å². The molecule has 0 radical (unpaired) electrons. The van der Waals surface area contributed by atoms with Crippen molar-refractivity contribution in [3.63, 3.8) is 0 Å². The van der Waals surface area contributed by atoms with Crippen molar-refractivity contribution in [1.29, 1.82) is 0 Å². The number of alkyl halides is 3. The summed E-state index contributed by atoms with van der Waals surface area (Å²) in [6.07, 6.45) is -3.53. The predicted octanol–water partition coefficient (Wildman–Crippen LogP) is 3.46. The molecule has 0 saturated carbocycles. The number of benzene rings is 2. The molecule has 1 atom stereocenters. The van der Waals surface area contributed by atoms with Gasteiger partial charge in [0.2, 0.25) is 0 Å². The van der Waals surface area contributed by atoms with Crippen molar-refractivity contribution < 1.29 is 23.1 Å². The minimum absolute atomic E-state index is 0.0704. The van der Waals surface area contributed by atoms with E-state index in [9.17, 15) is 23.1 Å². The highest BCUT2D eigenvalue weighted by Crippen LogP contribution is 2.40. The van der Waals surface area contributed by atoms with Gasteiger partial charge in [-0.15, -0.1) is 0 Å². The zero-order chi connectivity index (χ0) is 17.3. The first kappa shape index (κ1) is 16.1. The summed E-state index contributed by atoms with van der Waals surface area (Å²) >= 11 is 0. The fourth-order valence-electron chi connectivity index (χ4n) is 3.00. The van der Waals surface area contributed by atoms with Gasteiger partial charge in [0.15, 0.2) is 0 Å². The molecule has 6 heteroatoms. The molecule has 1 heterocycles. The smallest absolute Gasteiger partial charge is 0.416 e. The Labute approximate surface area is 135 Å². The Hall–Kier alpha value is -2.76. The van der Waals surface area contributed by atoms with Crippen LogP contribution in [0.15, 0.2) is 54.7 Å². The van der Waals surface area contributed by atoms with Gasteiger partial charge in [-0.1, -0.05) is 36.4 Å². The minimum atomic E-state index is -4.56. The van der Waals surface area contributed by atoms with Gasteiger partial charge in [0, 0.05) is 29.0 Å². The zero-order valence-electron chi connectivity index (χ0n) is 12.4. The van der Waals surface area contributed by atoms with Crippen LogP contribution in [0.3, 0.4) is 0 Å². The molecule has 24 heavy (non-hydrogen) atoms. The van der Waals surface area contributed by atoms with Crippen molar-refractivity contribution in [3.05, 3.63) is 71.4 Å². The SMILES string of the molecule is O=C([O-])C[C@H](c1ccccc1C(F)(F)F)c1c[nH]c2ccccc12. The van der Waals surface area contributed by atoms with Gasteiger partial charge in [0.1, 0.15) is 0 Å². The van der Waals surface area contributed by atoms with Gasteiger partial charge in [0.25, 0.3) is 0 Å². The van der Waals surface area contributed by atoms with Crippen molar-refractivity contribution >= 4 is 16.9 Å². The highest BCUT2D eigenvalue weighted by atomic mass is 19.4. The normalized spacial score (nSPS) is 13.1. The number of halogens is 3. The topological polar surface area (TPSA) is 55.9 Å². The maximum Gasteiger partial charge on any atom is 0.416 e. The van der Waals surface area contributed by atoms with Gasteiger partial charge in [-0.3, -0.25) is 0 Å². The number of rotatable bonds is 4. The number of hydrogen-bond acceptors (Lipinski definition) is 2. The van der Waals surface area contributed by atoms with Crippen molar-refractivity contribution in [2.75, 3.05) is 0 Å². The third-order valence-electron chi connectivity index (χ3n) is 4.01. The molecule has 1 N–H and O–H groups in total. The largest absolute Gasteiger partial charge is 0.550 e. The van der Waals surface area contributed by atoms with E-state index in [-0.39, 0.29) is 5.56 Å². The van der Waals surface area contributed by atoms with E-state index in [1.807, 2.05) is 0 Å². The molecule has 124 valence electrons. The molecule has 0 spiro atoms. The van der Waals surface area contributed by atoms with Gasteiger partial charge in [-0.25, -0.2) is 0 Å². The summed E-state index contributed by atoms with van der Waals surface area (Å²) < 4.78 is 40.0. The van der Waals surface area contributed by atoms with Crippen LogP contribution in [0.25, 0.3) is 10.9 Å². The molecular weight excluding hydrogens is 319 g/mol. The van der Waals surface area contributed by atoms with Crippen LogP contribution in [0.2, 0.25) is 0 Å². The van der Waals surface area contributed by atoms with E-state index in [1.54, 1.807) is 30.5 Å². The Morgan fingerprint density at radius 3 is 2.42 bits per heavy atom. The van der Waals surface area contributed by atoms with Crippen molar-refractivity contribution in [3.8, 4) is 0 Å². The van der Waals surface area contributed by atoms with Crippen LogP contribution >= 0.6 is 0 Å². The fraction of sp³-hybridized carbons (Fsp3) is 0.167. The van der Waals surface area contributed by atoms with Crippen LogP contribution in [-0.4, -0.2) is 11.0 Å². The summed E-state index contributed by atoms with van der Waals surface area (Å²) in [5.41, 5.74) is 0.340. The average Bonchev–Trinajstić information content (AvgIpc) is 2.95. The number of aromatic nitrogens is 1. The van der Waals surface area contributed by atoms with E-state index < -0.39 is 30.0 Å². The predicted molar refractivity (Wildman–Crippen MR) is 81.2 cm³/mol. The van der Waals surface area contributed by atoms with Crippen LogP contribution in [0, 0.1) is 0 Å². The van der Waals surface area contributed by atoms with Gasteiger partial charge >= 0.3 is 6.18 Å². The van der Waals surface area contributed by atoms with Crippen molar-refractivity contribution in [2.24, 2.45) is 0 Å². The molecule has 0 saturated heterocycles. The lowest BCUT2D eigenvalue weighted by atomic mass is 9.85. The number of aliphatic carboxylic acids is 1. The lowest BCUT2D eigenvalue weighted by Gasteiger charge is -2.22. The number of carboxylic acids is 1. The molecule has 0 bridgehead atoms. The van der Waals surface area contributed by atoms with Gasteiger partial charge < -0.3 is 14.9 Å². The molecule has 0 fully saturated rings. The Bertz CT molecular complexity index is 883. The lowest BCUT2D eigenvalue weighted by molar-refractivity contribution is -0.306. The summed E-state index contributed by atoms with van der Waals surface area (Å²) in [7, 11) is 0. The summed E-state index contributed by atoms with van der Waals surface area (Å²) in [6, 6.07) is 12.1. The van der Waals surface area contributed by atoms with Crippen molar-refractivity contribution in [2.45, 2.75) is 18.5 Å². The maximum atomic E-state index is 13.3. The minimum Gasteiger partial charge on any atom is -0.550 e. The number of carbonyl (C=O) groups excluding carboxylic acids is 1. The van der Waals surface area contributed by atoms with Gasteiger partial charge in [-0.2, -0.15) is 13.2 Å². The Morgan fingerprint density at radius 1 is 1.04 bits per heavy atom. The molecule has 1 aromatic heterocycles. The quantitative estimate of drug-likeness (QED) is 0.795. The second-order valence-electron chi connectivity index (χ2n) is 5.50. The molecule has 0 amide bonds. The second kappa shape index (κ2) is 6.03. The van der Waals surface area contributed by atoms with E-state index in [2.05, 4.69) is 4.98 Å². The molecule has 3 aromatic rings. The van der Waals surface area contributed by atoms with Crippen LogP contribution < -0.4 is 5.11 Å². The Balaban J connectivity index is 2.20. The zero-order valence-corrected chi connectivity index (χ0v) is 12.4. The van der Waals surface area contributed by atoms with Crippen molar-refractivity contribution in [1.82, 2.24) is 4.98 Å². The molecule has 3 rings (SSSR count). The first-order valence-electron chi connectivity index (χ1n) is 7.30. The van der Waals surface area contributed by atoms with Gasteiger partial charge in [0.05, 0.1) is 5.56 Å². The average molecular weight is 332 g/mol. The number of aromatic amines is 1. The number of carboxylic acid groups (broad SMARTS) is 1. The van der Waals surface area contributed by atoms with E-state index in [0.29, 0.717) is 10.9 Å². The first-order chi connectivity index (χ1) is 11.4. The number of fused-ring (bicyclic) bond motifs is 1. The molecular formula is C18H13F3NO2-. The van der Waals surface area contributed by atoms with E-state index in [1.165, 1.54) is 18.2 Å². The maximum absolute atomic E-state index is 13.3. The van der Waals surface area contributed by atoms with E-state index >= 15 is 0 Å². The van der Waals surface area contributed by atoms with Crippen LogP contribution in [0.5, 0.6) is 0 Å². The summed E-state index contributed by atoms with van der Waals surface area (Å²) in [4.78, 5) is 14.1. The van der Waals surface area contributed by atoms with E-state index in [0.717, 1.165) is 11.6 Å². The van der Waals surface area contributed by atoms with Gasteiger partial charge in [-0.05, 0) is 29.7 Å². The Morgan fingerprint density at radius 2 is 1.71 bits per heavy atom.